The second kappa shape index (κ2) is 6.44. The van der Waals surface area contributed by atoms with Crippen LogP contribution >= 0.6 is 0 Å². The van der Waals surface area contributed by atoms with Gasteiger partial charge in [0.05, 0.1) is 25.5 Å². The lowest BCUT2D eigenvalue weighted by Gasteiger charge is -2.25. The number of likely N-dealkylation sites (tertiary alicyclic amines) is 1. The average Bonchev–Trinajstić information content (AvgIpc) is 3.38. The van der Waals surface area contributed by atoms with Crippen molar-refractivity contribution in [2.75, 3.05) is 25.0 Å². The third kappa shape index (κ3) is 3.20. The number of fused-ring (bicyclic) bond motifs is 3. The van der Waals surface area contributed by atoms with Gasteiger partial charge >= 0.3 is 0 Å². The standard InChI is InChI=1S/C20H21N5O2/c1-24-9-16(8-22-24)13-2-3-14-7-21-19(5-15(14)4-13)23-20(26)11-25-10-18-6-17(25)12-27-18/h2-5,7-9,17-18H,6,10-12H2,1H3,(H,21,23,26). The van der Waals surface area contributed by atoms with Crippen molar-refractivity contribution < 1.29 is 9.53 Å². The summed E-state index contributed by atoms with van der Waals surface area (Å²) in [6, 6.07) is 8.50. The van der Waals surface area contributed by atoms with Crippen molar-refractivity contribution in [2.24, 2.45) is 7.05 Å². The number of morpholine rings is 1. The number of carbonyl (C=O) groups is 1. The van der Waals surface area contributed by atoms with Crippen molar-refractivity contribution in [2.45, 2.75) is 18.6 Å². The van der Waals surface area contributed by atoms with Crippen molar-refractivity contribution in [1.29, 1.82) is 0 Å². The number of pyridine rings is 1. The van der Waals surface area contributed by atoms with Gasteiger partial charge in [0.15, 0.2) is 0 Å². The van der Waals surface area contributed by atoms with Crippen LogP contribution < -0.4 is 5.32 Å². The molecule has 0 aliphatic carbocycles. The summed E-state index contributed by atoms with van der Waals surface area (Å²) < 4.78 is 7.37. The Morgan fingerprint density at radius 2 is 2.19 bits per heavy atom. The Hall–Kier alpha value is -2.77. The van der Waals surface area contributed by atoms with Gasteiger partial charge < -0.3 is 10.1 Å². The van der Waals surface area contributed by atoms with Gasteiger partial charge in [-0.05, 0) is 29.5 Å². The molecule has 2 unspecified atom stereocenters. The van der Waals surface area contributed by atoms with E-state index in [1.807, 2.05) is 31.6 Å². The van der Waals surface area contributed by atoms with Gasteiger partial charge in [0.1, 0.15) is 5.82 Å². The smallest absolute Gasteiger partial charge is 0.239 e. The maximum Gasteiger partial charge on any atom is 0.239 e. The Kier molecular flexibility index (Phi) is 3.91. The Balaban J connectivity index is 1.33. The molecular formula is C20H21N5O2. The molecule has 5 rings (SSSR count). The zero-order valence-corrected chi connectivity index (χ0v) is 15.1. The molecule has 7 nitrogen and oxygen atoms in total. The van der Waals surface area contributed by atoms with E-state index in [-0.39, 0.29) is 5.91 Å². The largest absolute Gasteiger partial charge is 0.375 e. The molecule has 2 aliphatic rings. The van der Waals surface area contributed by atoms with Crippen molar-refractivity contribution in [1.82, 2.24) is 19.7 Å². The Morgan fingerprint density at radius 3 is 2.93 bits per heavy atom. The lowest BCUT2D eigenvalue weighted by molar-refractivity contribution is -0.118. The van der Waals surface area contributed by atoms with E-state index in [4.69, 9.17) is 4.74 Å². The van der Waals surface area contributed by atoms with Gasteiger partial charge in [-0.3, -0.25) is 14.4 Å². The maximum atomic E-state index is 12.4. The summed E-state index contributed by atoms with van der Waals surface area (Å²) in [5.74, 6) is 0.550. The van der Waals surface area contributed by atoms with E-state index in [2.05, 4.69) is 32.4 Å². The van der Waals surface area contributed by atoms with E-state index in [1.165, 1.54) is 0 Å². The monoisotopic (exact) mass is 363 g/mol. The van der Waals surface area contributed by atoms with Gasteiger partial charge in [-0.15, -0.1) is 0 Å². The molecule has 0 spiro atoms. The molecule has 0 saturated carbocycles. The van der Waals surface area contributed by atoms with Crippen LogP contribution in [0.15, 0.2) is 42.9 Å². The van der Waals surface area contributed by atoms with Crippen LogP contribution in [-0.4, -0.2) is 57.4 Å². The normalized spacial score (nSPS) is 21.8. The first-order valence-corrected chi connectivity index (χ1v) is 9.18. The number of aromatic nitrogens is 3. The maximum absolute atomic E-state index is 12.4. The summed E-state index contributed by atoms with van der Waals surface area (Å²) in [7, 11) is 1.90. The predicted molar refractivity (Wildman–Crippen MR) is 102 cm³/mol. The minimum Gasteiger partial charge on any atom is -0.375 e. The van der Waals surface area contributed by atoms with Crippen molar-refractivity contribution in [3.05, 3.63) is 42.9 Å². The molecule has 2 saturated heterocycles. The van der Waals surface area contributed by atoms with Crippen molar-refractivity contribution >= 4 is 22.5 Å². The molecule has 3 aromatic rings. The quantitative estimate of drug-likeness (QED) is 0.768. The van der Waals surface area contributed by atoms with Crippen molar-refractivity contribution in [3.63, 3.8) is 0 Å². The van der Waals surface area contributed by atoms with Crippen LogP contribution in [0.4, 0.5) is 5.82 Å². The van der Waals surface area contributed by atoms with Gasteiger partial charge in [0.2, 0.25) is 5.91 Å². The summed E-state index contributed by atoms with van der Waals surface area (Å²) in [4.78, 5) is 19.0. The van der Waals surface area contributed by atoms with Gasteiger partial charge in [0.25, 0.3) is 0 Å². The number of aryl methyl sites for hydroxylation is 1. The summed E-state index contributed by atoms with van der Waals surface area (Å²) >= 11 is 0. The SMILES string of the molecule is Cn1cc(-c2ccc3cnc(NC(=O)CN4CC5CC4CO5)cc3c2)cn1. The molecular weight excluding hydrogens is 342 g/mol. The Labute approximate surface area is 156 Å². The Bertz CT molecular complexity index is 1010. The predicted octanol–water partition coefficient (Wildman–Crippen LogP) is 2.05. The molecule has 2 bridgehead atoms. The third-order valence-electron chi connectivity index (χ3n) is 5.39. The van der Waals surface area contributed by atoms with E-state index in [0.717, 1.165) is 41.5 Å². The number of anilines is 1. The van der Waals surface area contributed by atoms with Gasteiger partial charge in [-0.1, -0.05) is 12.1 Å². The molecule has 138 valence electrons. The molecule has 2 atom stereocenters. The van der Waals surface area contributed by atoms with Crippen molar-refractivity contribution in [3.8, 4) is 11.1 Å². The Morgan fingerprint density at radius 1 is 1.26 bits per heavy atom. The number of hydrogen-bond acceptors (Lipinski definition) is 5. The van der Waals surface area contributed by atoms with Gasteiger partial charge in [0, 0.05) is 43.0 Å². The van der Waals surface area contributed by atoms with Crippen LogP contribution in [-0.2, 0) is 16.6 Å². The zero-order valence-electron chi connectivity index (χ0n) is 15.1. The fourth-order valence-corrected chi connectivity index (χ4v) is 4.00. The highest BCUT2D eigenvalue weighted by atomic mass is 16.5. The number of ether oxygens (including phenoxy) is 1. The summed E-state index contributed by atoms with van der Waals surface area (Å²) in [5.41, 5.74) is 2.15. The molecule has 2 fully saturated rings. The third-order valence-corrected chi connectivity index (χ3v) is 5.39. The van der Waals surface area contributed by atoms with Crippen LogP contribution in [0.5, 0.6) is 0 Å². The summed E-state index contributed by atoms with van der Waals surface area (Å²) in [6.45, 7) is 1.97. The molecule has 7 heteroatoms. The zero-order chi connectivity index (χ0) is 18.4. The first kappa shape index (κ1) is 16.4. The first-order valence-electron chi connectivity index (χ1n) is 9.18. The second-order valence-corrected chi connectivity index (χ2v) is 7.36. The number of nitrogens with one attached hydrogen (secondary N) is 1. The van der Waals surface area contributed by atoms with E-state index in [0.29, 0.717) is 24.5 Å². The lowest BCUT2D eigenvalue weighted by Crippen LogP contribution is -2.41. The lowest BCUT2D eigenvalue weighted by atomic mass is 10.1. The fraction of sp³-hybridized carbons (Fsp3) is 0.350. The number of nitrogens with zero attached hydrogens (tertiary/aromatic N) is 4. The van der Waals surface area contributed by atoms with E-state index in [9.17, 15) is 4.79 Å². The highest BCUT2D eigenvalue weighted by molar-refractivity contribution is 5.94. The van der Waals surface area contributed by atoms with Gasteiger partial charge in [-0.25, -0.2) is 4.98 Å². The van der Waals surface area contributed by atoms with E-state index < -0.39 is 0 Å². The first-order chi connectivity index (χ1) is 13.1. The minimum atomic E-state index is -0.0298. The molecule has 2 aliphatic heterocycles. The summed E-state index contributed by atoms with van der Waals surface area (Å²) in [5, 5.41) is 9.24. The molecule has 27 heavy (non-hydrogen) atoms. The summed E-state index contributed by atoms with van der Waals surface area (Å²) in [6.07, 6.45) is 6.96. The fourth-order valence-electron chi connectivity index (χ4n) is 4.00. The molecule has 1 aromatic carbocycles. The van der Waals surface area contributed by atoms with Gasteiger partial charge in [-0.2, -0.15) is 5.10 Å². The molecule has 1 amide bonds. The number of hydrogen-bond donors (Lipinski definition) is 1. The second-order valence-electron chi connectivity index (χ2n) is 7.36. The van der Waals surface area contributed by atoms with E-state index in [1.54, 1.807) is 10.9 Å². The highest BCUT2D eigenvalue weighted by Crippen LogP contribution is 2.28. The molecule has 4 heterocycles. The van der Waals surface area contributed by atoms with Crippen LogP contribution in [0, 0.1) is 0 Å². The van der Waals surface area contributed by atoms with Crippen LogP contribution in [0.1, 0.15) is 6.42 Å². The average molecular weight is 363 g/mol. The molecule has 0 radical (unpaired) electrons. The number of carbonyl (C=O) groups excluding carboxylic acids is 1. The highest BCUT2D eigenvalue weighted by Gasteiger charge is 2.39. The van der Waals surface area contributed by atoms with Crippen LogP contribution in [0.25, 0.3) is 21.9 Å². The van der Waals surface area contributed by atoms with Crippen LogP contribution in [0.3, 0.4) is 0 Å². The number of rotatable bonds is 4. The topological polar surface area (TPSA) is 72.3 Å². The number of amides is 1. The number of benzene rings is 1. The molecule has 2 aromatic heterocycles. The van der Waals surface area contributed by atoms with E-state index >= 15 is 0 Å². The van der Waals surface area contributed by atoms with Crippen LogP contribution in [0.2, 0.25) is 0 Å². The minimum absolute atomic E-state index is 0.0298. The molecule has 1 N–H and O–H groups in total.